The van der Waals surface area contributed by atoms with E-state index in [1.165, 1.54) is 57.2 Å². The van der Waals surface area contributed by atoms with Crippen LogP contribution in [0.25, 0.3) is 0 Å². The highest BCUT2D eigenvalue weighted by Gasteiger charge is 2.34. The summed E-state index contributed by atoms with van der Waals surface area (Å²) >= 11 is 2.10. The number of hydrogen-bond acceptors (Lipinski definition) is 4. The molecule has 1 aliphatic carbocycles. The largest absolute Gasteiger partial charge is 0.379 e. The van der Waals surface area contributed by atoms with Gasteiger partial charge >= 0.3 is 0 Å². The molecular weight excluding hydrogens is 332 g/mol. The van der Waals surface area contributed by atoms with Gasteiger partial charge < -0.3 is 15.4 Å². The molecule has 3 rings (SSSR count). The summed E-state index contributed by atoms with van der Waals surface area (Å²) in [6, 6.07) is 0. The Bertz CT molecular complexity index is 414. The minimum absolute atomic E-state index is 0.398. The molecule has 1 atom stereocenters. The molecular formula is C19H36N4OS. The molecule has 144 valence electrons. The van der Waals surface area contributed by atoms with E-state index < -0.39 is 0 Å². The van der Waals surface area contributed by atoms with Crippen LogP contribution >= 0.6 is 11.8 Å². The number of ether oxygens (including phenoxy) is 1. The van der Waals surface area contributed by atoms with E-state index in [0.29, 0.717) is 5.41 Å². The maximum Gasteiger partial charge on any atom is 0.191 e. The van der Waals surface area contributed by atoms with Crippen LogP contribution < -0.4 is 10.6 Å². The third kappa shape index (κ3) is 6.04. The average Bonchev–Trinajstić information content (AvgIpc) is 3.17. The van der Waals surface area contributed by atoms with Crippen molar-refractivity contribution < 1.29 is 4.74 Å². The second kappa shape index (κ2) is 10.0. The zero-order valence-corrected chi connectivity index (χ0v) is 16.7. The molecule has 6 heteroatoms. The smallest absolute Gasteiger partial charge is 0.191 e. The number of nitrogens with one attached hydrogen (secondary N) is 2. The van der Waals surface area contributed by atoms with Crippen molar-refractivity contribution in [3.05, 3.63) is 0 Å². The molecule has 2 saturated heterocycles. The molecule has 5 nitrogen and oxygen atoms in total. The number of aliphatic imine (C=N–C) groups is 1. The quantitative estimate of drug-likeness (QED) is 0.557. The highest BCUT2D eigenvalue weighted by molar-refractivity contribution is 8.00. The summed E-state index contributed by atoms with van der Waals surface area (Å²) in [4.78, 5) is 7.08. The van der Waals surface area contributed by atoms with Crippen LogP contribution in [0.2, 0.25) is 0 Å². The summed E-state index contributed by atoms with van der Waals surface area (Å²) in [5.41, 5.74) is 0.398. The molecule has 2 N–H and O–H groups in total. The first-order valence-electron chi connectivity index (χ1n) is 10.2. The SMILES string of the molecule is CN=C(NCC1CCCS1)NCC1(CN2CCOCC2)CCCCC1. The van der Waals surface area contributed by atoms with Crippen molar-refractivity contribution in [2.45, 2.75) is 50.2 Å². The molecule has 0 amide bonds. The van der Waals surface area contributed by atoms with Crippen LogP contribution in [0.15, 0.2) is 4.99 Å². The monoisotopic (exact) mass is 368 g/mol. The summed E-state index contributed by atoms with van der Waals surface area (Å²) < 4.78 is 5.53. The van der Waals surface area contributed by atoms with Gasteiger partial charge in [0.15, 0.2) is 5.96 Å². The van der Waals surface area contributed by atoms with Crippen molar-refractivity contribution in [1.29, 1.82) is 0 Å². The predicted octanol–water partition coefficient (Wildman–Crippen LogP) is 2.33. The molecule has 0 aromatic carbocycles. The summed E-state index contributed by atoms with van der Waals surface area (Å²) in [6.07, 6.45) is 9.53. The lowest BCUT2D eigenvalue weighted by atomic mass is 9.73. The van der Waals surface area contributed by atoms with Crippen LogP contribution in [0, 0.1) is 5.41 Å². The zero-order valence-electron chi connectivity index (χ0n) is 15.9. The molecule has 1 unspecified atom stereocenters. The first-order chi connectivity index (χ1) is 12.3. The first kappa shape index (κ1) is 19.3. The van der Waals surface area contributed by atoms with Gasteiger partial charge in [0.1, 0.15) is 0 Å². The third-order valence-electron chi connectivity index (χ3n) is 5.95. The van der Waals surface area contributed by atoms with Crippen molar-refractivity contribution >= 4 is 17.7 Å². The average molecular weight is 369 g/mol. The van der Waals surface area contributed by atoms with Crippen LogP contribution in [0.1, 0.15) is 44.9 Å². The maximum atomic E-state index is 5.53. The Balaban J connectivity index is 1.49. The van der Waals surface area contributed by atoms with E-state index in [1.807, 2.05) is 7.05 Å². The van der Waals surface area contributed by atoms with Gasteiger partial charge in [-0.3, -0.25) is 9.89 Å². The van der Waals surface area contributed by atoms with Crippen LogP contribution in [-0.2, 0) is 4.74 Å². The number of nitrogens with zero attached hydrogens (tertiary/aromatic N) is 2. The normalized spacial score (nSPS) is 28.0. The summed E-state index contributed by atoms with van der Waals surface area (Å²) in [6.45, 7) is 7.26. The summed E-state index contributed by atoms with van der Waals surface area (Å²) in [5.74, 6) is 2.31. The summed E-state index contributed by atoms with van der Waals surface area (Å²) in [7, 11) is 1.90. The predicted molar refractivity (Wildman–Crippen MR) is 108 cm³/mol. The van der Waals surface area contributed by atoms with E-state index in [9.17, 15) is 0 Å². The van der Waals surface area contributed by atoms with Crippen molar-refractivity contribution in [1.82, 2.24) is 15.5 Å². The van der Waals surface area contributed by atoms with Crippen molar-refractivity contribution in [3.8, 4) is 0 Å². The van der Waals surface area contributed by atoms with Crippen LogP contribution in [0.3, 0.4) is 0 Å². The van der Waals surface area contributed by atoms with Gasteiger partial charge in [0, 0.05) is 50.4 Å². The van der Waals surface area contributed by atoms with E-state index in [0.717, 1.165) is 50.6 Å². The number of thioether (sulfide) groups is 1. The fourth-order valence-electron chi connectivity index (χ4n) is 4.43. The van der Waals surface area contributed by atoms with Crippen molar-refractivity contribution in [2.75, 3.05) is 58.7 Å². The van der Waals surface area contributed by atoms with E-state index in [2.05, 4.69) is 32.3 Å². The molecule has 25 heavy (non-hydrogen) atoms. The standard InChI is InChI=1S/C19H36N4OS/c1-20-18(21-14-17-6-5-13-25-17)22-15-19(7-3-2-4-8-19)16-23-9-11-24-12-10-23/h17H,2-16H2,1H3,(H2,20,21,22). The van der Waals surface area contributed by atoms with Gasteiger partial charge in [-0.15, -0.1) is 0 Å². The maximum absolute atomic E-state index is 5.53. The Morgan fingerprint density at radius 3 is 2.64 bits per heavy atom. The molecule has 0 aromatic heterocycles. The lowest BCUT2D eigenvalue weighted by Gasteiger charge is -2.42. The highest BCUT2D eigenvalue weighted by atomic mass is 32.2. The first-order valence-corrected chi connectivity index (χ1v) is 11.2. The Labute approximate surface area is 157 Å². The second-order valence-corrected chi connectivity index (χ2v) is 9.30. The van der Waals surface area contributed by atoms with Crippen molar-refractivity contribution in [3.63, 3.8) is 0 Å². The lowest BCUT2D eigenvalue weighted by Crippen LogP contribution is -2.51. The molecule has 0 bridgehead atoms. The number of morpholine rings is 1. The Morgan fingerprint density at radius 1 is 1.16 bits per heavy atom. The fraction of sp³-hybridized carbons (Fsp3) is 0.947. The van der Waals surface area contributed by atoms with Gasteiger partial charge in [-0.05, 0) is 31.4 Å². The second-order valence-electron chi connectivity index (χ2n) is 7.89. The minimum atomic E-state index is 0.398. The number of guanidine groups is 1. The molecule has 3 fully saturated rings. The third-order valence-corrected chi connectivity index (χ3v) is 7.35. The molecule has 0 radical (unpaired) electrons. The molecule has 2 heterocycles. The number of rotatable bonds is 6. The molecule has 2 aliphatic heterocycles. The van der Waals surface area contributed by atoms with Crippen LogP contribution in [0.4, 0.5) is 0 Å². The molecule has 1 saturated carbocycles. The molecule has 0 aromatic rings. The zero-order chi connectivity index (χ0) is 17.4. The fourth-order valence-corrected chi connectivity index (χ4v) is 5.64. The van der Waals surface area contributed by atoms with E-state index in [4.69, 9.17) is 4.74 Å². The highest BCUT2D eigenvalue weighted by Crippen LogP contribution is 2.36. The van der Waals surface area contributed by atoms with Gasteiger partial charge in [-0.25, -0.2) is 0 Å². The molecule has 3 aliphatic rings. The van der Waals surface area contributed by atoms with E-state index in [1.54, 1.807) is 0 Å². The minimum Gasteiger partial charge on any atom is -0.379 e. The van der Waals surface area contributed by atoms with Gasteiger partial charge in [0.25, 0.3) is 0 Å². The Kier molecular flexibility index (Phi) is 7.74. The van der Waals surface area contributed by atoms with Crippen LogP contribution in [0.5, 0.6) is 0 Å². The lowest BCUT2D eigenvalue weighted by molar-refractivity contribution is 0.00820. The van der Waals surface area contributed by atoms with Gasteiger partial charge in [-0.1, -0.05) is 19.3 Å². The van der Waals surface area contributed by atoms with Gasteiger partial charge in [0.2, 0.25) is 0 Å². The van der Waals surface area contributed by atoms with Gasteiger partial charge in [0.05, 0.1) is 13.2 Å². The Hall–Kier alpha value is -0.460. The van der Waals surface area contributed by atoms with Gasteiger partial charge in [-0.2, -0.15) is 11.8 Å². The van der Waals surface area contributed by atoms with Crippen LogP contribution in [-0.4, -0.2) is 74.8 Å². The van der Waals surface area contributed by atoms with E-state index >= 15 is 0 Å². The molecule has 0 spiro atoms. The Morgan fingerprint density at radius 2 is 1.96 bits per heavy atom. The summed E-state index contributed by atoms with van der Waals surface area (Å²) in [5, 5.41) is 7.98. The topological polar surface area (TPSA) is 48.9 Å². The van der Waals surface area contributed by atoms with E-state index in [-0.39, 0.29) is 0 Å². The number of hydrogen-bond donors (Lipinski definition) is 2. The van der Waals surface area contributed by atoms with Crippen molar-refractivity contribution in [2.24, 2.45) is 10.4 Å².